The Bertz CT molecular complexity index is 1030. The molecule has 1 atom stereocenters. The summed E-state index contributed by atoms with van der Waals surface area (Å²) in [6.45, 7) is 1.85. The molecule has 0 aliphatic carbocycles. The maximum Gasteiger partial charge on any atom is 0.249 e. The molecule has 0 bridgehead atoms. The average molecular weight is 364 g/mol. The van der Waals surface area contributed by atoms with Gasteiger partial charge in [-0.3, -0.25) is 9.59 Å². The highest BCUT2D eigenvalue weighted by molar-refractivity contribution is 6.02. The Hall–Kier alpha value is -3.48. The van der Waals surface area contributed by atoms with Crippen LogP contribution in [-0.4, -0.2) is 21.6 Å². The monoisotopic (exact) mass is 364 g/mol. The van der Waals surface area contributed by atoms with Crippen molar-refractivity contribution in [3.63, 3.8) is 0 Å². The van der Waals surface area contributed by atoms with Crippen LogP contribution in [0.4, 0.5) is 15.9 Å². The summed E-state index contributed by atoms with van der Waals surface area (Å²) >= 11 is 0. The van der Waals surface area contributed by atoms with Crippen LogP contribution in [0.1, 0.15) is 18.0 Å². The largest absolute Gasteiger partial charge is 0.322 e. The summed E-state index contributed by atoms with van der Waals surface area (Å²) in [6, 6.07) is 14.6. The zero-order valence-corrected chi connectivity index (χ0v) is 14.6. The number of carbonyl (C=O) groups is 2. The molecule has 2 heterocycles. The van der Waals surface area contributed by atoms with Gasteiger partial charge in [0.1, 0.15) is 17.7 Å². The predicted octanol–water partition coefficient (Wildman–Crippen LogP) is 3.52. The fraction of sp³-hybridized carbons (Fsp3) is 0.150. The first kappa shape index (κ1) is 17.0. The molecule has 0 fully saturated rings. The molecule has 0 radical (unpaired) electrons. The molecule has 0 spiro atoms. The van der Waals surface area contributed by atoms with E-state index in [1.165, 1.54) is 16.8 Å². The van der Waals surface area contributed by atoms with E-state index < -0.39 is 17.8 Å². The van der Waals surface area contributed by atoms with E-state index in [-0.39, 0.29) is 18.0 Å². The van der Waals surface area contributed by atoms with Crippen molar-refractivity contribution in [2.45, 2.75) is 19.4 Å². The number of amides is 2. The number of hydrogen-bond donors (Lipinski definition) is 2. The summed E-state index contributed by atoms with van der Waals surface area (Å²) in [7, 11) is 0. The van der Waals surface area contributed by atoms with Crippen LogP contribution in [0, 0.1) is 12.7 Å². The molecule has 2 N–H and O–H groups in total. The first-order valence-corrected chi connectivity index (χ1v) is 8.54. The van der Waals surface area contributed by atoms with Crippen molar-refractivity contribution in [2.75, 3.05) is 10.6 Å². The summed E-state index contributed by atoms with van der Waals surface area (Å²) in [5.41, 5.74) is 2.43. The molecule has 1 aliphatic rings. The Morgan fingerprint density at radius 2 is 1.89 bits per heavy atom. The van der Waals surface area contributed by atoms with Gasteiger partial charge in [-0.25, -0.2) is 9.07 Å². The molecule has 1 unspecified atom stereocenters. The van der Waals surface area contributed by atoms with Crippen LogP contribution >= 0.6 is 0 Å². The van der Waals surface area contributed by atoms with Gasteiger partial charge in [0.25, 0.3) is 0 Å². The SMILES string of the molecule is Cc1c(-c2ccccc2)nn2c1NC(=O)CC2C(=O)Nc1ccccc1F. The molecule has 2 aromatic carbocycles. The Labute approximate surface area is 155 Å². The maximum atomic E-state index is 13.9. The highest BCUT2D eigenvalue weighted by Gasteiger charge is 2.34. The molecule has 2 amide bonds. The summed E-state index contributed by atoms with van der Waals surface area (Å²) in [5.74, 6) is -0.816. The third-order valence-electron chi connectivity index (χ3n) is 4.56. The van der Waals surface area contributed by atoms with Crippen LogP contribution in [0.2, 0.25) is 0 Å². The number of rotatable bonds is 3. The smallest absolute Gasteiger partial charge is 0.249 e. The number of anilines is 2. The maximum absolute atomic E-state index is 13.9. The Morgan fingerprint density at radius 3 is 2.63 bits per heavy atom. The topological polar surface area (TPSA) is 76.0 Å². The van der Waals surface area contributed by atoms with Crippen LogP contribution in [0.25, 0.3) is 11.3 Å². The van der Waals surface area contributed by atoms with Gasteiger partial charge in [-0.15, -0.1) is 0 Å². The van der Waals surface area contributed by atoms with E-state index in [1.54, 1.807) is 12.1 Å². The quantitative estimate of drug-likeness (QED) is 0.747. The summed E-state index contributed by atoms with van der Waals surface area (Å²) in [5, 5.41) is 9.91. The van der Waals surface area contributed by atoms with Gasteiger partial charge in [-0.1, -0.05) is 42.5 Å². The highest BCUT2D eigenvalue weighted by Crippen LogP contribution is 2.34. The van der Waals surface area contributed by atoms with Crippen molar-refractivity contribution in [2.24, 2.45) is 0 Å². The molecule has 4 rings (SSSR count). The van der Waals surface area contributed by atoms with Crippen LogP contribution in [-0.2, 0) is 9.59 Å². The summed E-state index contributed by atoms with van der Waals surface area (Å²) in [6.07, 6.45) is -0.0668. The third kappa shape index (κ3) is 3.08. The average Bonchev–Trinajstić information content (AvgIpc) is 3.00. The second-order valence-electron chi connectivity index (χ2n) is 6.37. The van der Waals surface area contributed by atoms with E-state index in [9.17, 15) is 14.0 Å². The Kier molecular flexibility index (Phi) is 4.19. The van der Waals surface area contributed by atoms with Crippen molar-refractivity contribution < 1.29 is 14.0 Å². The van der Waals surface area contributed by atoms with Gasteiger partial charge >= 0.3 is 0 Å². The number of aromatic nitrogens is 2. The zero-order chi connectivity index (χ0) is 19.0. The van der Waals surface area contributed by atoms with Crippen LogP contribution in [0.3, 0.4) is 0 Å². The molecule has 27 heavy (non-hydrogen) atoms. The second kappa shape index (κ2) is 6.68. The van der Waals surface area contributed by atoms with Crippen LogP contribution in [0.15, 0.2) is 54.6 Å². The van der Waals surface area contributed by atoms with Crippen molar-refractivity contribution in [3.8, 4) is 11.3 Å². The molecule has 6 nitrogen and oxygen atoms in total. The number of nitrogens with zero attached hydrogens (tertiary/aromatic N) is 2. The molecular weight excluding hydrogens is 347 g/mol. The van der Waals surface area contributed by atoms with Gasteiger partial charge in [0, 0.05) is 11.1 Å². The molecule has 136 valence electrons. The van der Waals surface area contributed by atoms with Gasteiger partial charge in [0.2, 0.25) is 11.8 Å². The van der Waals surface area contributed by atoms with Gasteiger partial charge < -0.3 is 10.6 Å². The molecule has 0 saturated carbocycles. The number of nitrogens with one attached hydrogen (secondary N) is 2. The lowest BCUT2D eigenvalue weighted by molar-refractivity contribution is -0.125. The van der Waals surface area contributed by atoms with Crippen LogP contribution in [0.5, 0.6) is 0 Å². The second-order valence-corrected chi connectivity index (χ2v) is 6.37. The molecule has 3 aromatic rings. The minimum Gasteiger partial charge on any atom is -0.322 e. The summed E-state index contributed by atoms with van der Waals surface area (Å²) in [4.78, 5) is 24.9. The van der Waals surface area contributed by atoms with Crippen molar-refractivity contribution in [3.05, 3.63) is 66.0 Å². The standard InChI is InChI=1S/C20H17FN4O2/c1-12-18(13-7-3-2-4-8-13)24-25-16(11-17(26)23-19(12)25)20(27)22-15-10-6-5-9-14(15)21/h2-10,16H,11H2,1H3,(H,22,27)(H,23,26). The summed E-state index contributed by atoms with van der Waals surface area (Å²) < 4.78 is 15.4. The van der Waals surface area contributed by atoms with Crippen molar-refractivity contribution in [1.82, 2.24) is 9.78 Å². The fourth-order valence-electron chi connectivity index (χ4n) is 3.19. The van der Waals surface area contributed by atoms with Crippen molar-refractivity contribution in [1.29, 1.82) is 0 Å². The normalized spacial score (nSPS) is 15.8. The van der Waals surface area contributed by atoms with E-state index in [1.807, 2.05) is 37.3 Å². The molecule has 1 aromatic heterocycles. The lowest BCUT2D eigenvalue weighted by Gasteiger charge is -2.24. The van der Waals surface area contributed by atoms with Crippen LogP contribution < -0.4 is 10.6 Å². The highest BCUT2D eigenvalue weighted by atomic mass is 19.1. The predicted molar refractivity (Wildman–Crippen MR) is 99.7 cm³/mol. The number of hydrogen-bond acceptors (Lipinski definition) is 3. The Balaban J connectivity index is 1.71. The number of halogens is 1. The number of para-hydroxylation sites is 1. The van der Waals surface area contributed by atoms with E-state index in [2.05, 4.69) is 15.7 Å². The fourth-order valence-corrected chi connectivity index (χ4v) is 3.19. The van der Waals surface area contributed by atoms with Gasteiger partial charge in [0.05, 0.1) is 17.8 Å². The van der Waals surface area contributed by atoms with Crippen molar-refractivity contribution >= 4 is 23.3 Å². The number of benzene rings is 2. The molecule has 7 heteroatoms. The minimum atomic E-state index is -0.857. The lowest BCUT2D eigenvalue weighted by atomic mass is 10.1. The zero-order valence-electron chi connectivity index (χ0n) is 14.6. The molecule has 1 aliphatic heterocycles. The first-order valence-electron chi connectivity index (χ1n) is 8.54. The third-order valence-corrected chi connectivity index (χ3v) is 4.56. The van der Waals surface area contributed by atoms with E-state index in [0.717, 1.165) is 11.1 Å². The first-order chi connectivity index (χ1) is 13.0. The molecule has 0 saturated heterocycles. The van der Waals surface area contributed by atoms with Gasteiger partial charge in [-0.2, -0.15) is 5.10 Å². The lowest BCUT2D eigenvalue weighted by Crippen LogP contribution is -2.36. The number of fused-ring (bicyclic) bond motifs is 1. The molecular formula is C20H17FN4O2. The van der Waals surface area contributed by atoms with E-state index in [0.29, 0.717) is 11.5 Å². The Morgan fingerprint density at radius 1 is 1.19 bits per heavy atom. The van der Waals surface area contributed by atoms with E-state index in [4.69, 9.17) is 0 Å². The number of carbonyl (C=O) groups excluding carboxylic acids is 2. The van der Waals surface area contributed by atoms with Gasteiger partial charge in [0.15, 0.2) is 0 Å². The van der Waals surface area contributed by atoms with E-state index >= 15 is 0 Å². The van der Waals surface area contributed by atoms with Gasteiger partial charge in [-0.05, 0) is 19.1 Å². The minimum absolute atomic E-state index is 0.0668.